The Morgan fingerprint density at radius 1 is 0.962 bits per heavy atom. The highest BCUT2D eigenvalue weighted by atomic mass is 16.5. The van der Waals surface area contributed by atoms with Gasteiger partial charge in [-0.25, -0.2) is 0 Å². The van der Waals surface area contributed by atoms with Crippen LogP contribution in [0.1, 0.15) is 70.1 Å². The van der Waals surface area contributed by atoms with Crippen LogP contribution < -0.4 is 4.74 Å². The van der Waals surface area contributed by atoms with Gasteiger partial charge >= 0.3 is 0 Å². The van der Waals surface area contributed by atoms with E-state index in [1.807, 2.05) is 0 Å². The summed E-state index contributed by atoms with van der Waals surface area (Å²) in [4.78, 5) is 4.96. The fourth-order valence-corrected chi connectivity index (χ4v) is 3.94. The van der Waals surface area contributed by atoms with Gasteiger partial charge in [-0.2, -0.15) is 0 Å². The van der Waals surface area contributed by atoms with Gasteiger partial charge in [0.1, 0.15) is 5.75 Å². The zero-order valence-corrected chi connectivity index (χ0v) is 16.5. The molecule has 1 heterocycles. The van der Waals surface area contributed by atoms with Gasteiger partial charge in [0.15, 0.2) is 0 Å². The van der Waals surface area contributed by atoms with E-state index < -0.39 is 0 Å². The Bertz CT molecular complexity index is 677. The van der Waals surface area contributed by atoms with Crippen molar-refractivity contribution in [2.24, 2.45) is 5.92 Å². The number of aryl methyl sites for hydroxylation is 1. The molecule has 26 heavy (non-hydrogen) atoms. The van der Waals surface area contributed by atoms with Crippen LogP contribution >= 0.6 is 0 Å². The van der Waals surface area contributed by atoms with E-state index in [0.29, 0.717) is 0 Å². The lowest BCUT2D eigenvalue weighted by Crippen LogP contribution is -2.15. The third kappa shape index (κ3) is 5.09. The van der Waals surface area contributed by atoms with Crippen molar-refractivity contribution in [1.29, 1.82) is 0 Å². The zero-order valence-electron chi connectivity index (χ0n) is 16.5. The number of ether oxygens (including phenoxy) is 1. The van der Waals surface area contributed by atoms with Gasteiger partial charge in [0.2, 0.25) is 0 Å². The molecular formula is C24H33NO. The third-order valence-electron chi connectivity index (χ3n) is 5.48. The Morgan fingerprint density at radius 2 is 1.81 bits per heavy atom. The van der Waals surface area contributed by atoms with Gasteiger partial charge in [0.25, 0.3) is 0 Å². The molecule has 0 amide bonds. The maximum atomic E-state index is 5.85. The van der Waals surface area contributed by atoms with E-state index >= 15 is 0 Å². The Labute approximate surface area is 159 Å². The summed E-state index contributed by atoms with van der Waals surface area (Å²) in [5, 5.41) is 0. The van der Waals surface area contributed by atoms with Gasteiger partial charge in [-0.05, 0) is 67.5 Å². The smallest absolute Gasteiger partial charge is 0.119 e. The van der Waals surface area contributed by atoms with Crippen LogP contribution in [0.2, 0.25) is 0 Å². The van der Waals surface area contributed by atoms with E-state index in [4.69, 9.17) is 9.72 Å². The van der Waals surface area contributed by atoms with Gasteiger partial charge in [-0.1, -0.05) is 52.0 Å². The second-order valence-electron chi connectivity index (χ2n) is 7.63. The summed E-state index contributed by atoms with van der Waals surface area (Å²) in [7, 11) is 0. The summed E-state index contributed by atoms with van der Waals surface area (Å²) in [6.07, 6.45) is 11.2. The number of hydrogen-bond acceptors (Lipinski definition) is 2. The predicted octanol–water partition coefficient (Wildman–Crippen LogP) is 6.61. The van der Waals surface area contributed by atoms with Crippen LogP contribution in [0.5, 0.6) is 5.75 Å². The molecule has 0 unspecified atom stereocenters. The molecule has 1 aliphatic carbocycles. The topological polar surface area (TPSA) is 22.1 Å². The van der Waals surface area contributed by atoms with Crippen molar-refractivity contribution in [2.75, 3.05) is 6.61 Å². The molecule has 1 atom stereocenters. The number of fused-ring (bicyclic) bond motifs is 1. The summed E-state index contributed by atoms with van der Waals surface area (Å²) >= 11 is 0. The van der Waals surface area contributed by atoms with Crippen LogP contribution in [0.3, 0.4) is 0 Å². The summed E-state index contributed by atoms with van der Waals surface area (Å²) in [5.41, 5.74) is 5.05. The number of rotatable bonds is 9. The van der Waals surface area contributed by atoms with Crippen molar-refractivity contribution in [3.05, 3.63) is 47.7 Å². The molecule has 1 aromatic heterocycles. The summed E-state index contributed by atoms with van der Waals surface area (Å²) in [6, 6.07) is 12.9. The van der Waals surface area contributed by atoms with Crippen molar-refractivity contribution in [1.82, 2.24) is 4.98 Å². The molecule has 0 radical (unpaired) electrons. The number of benzene rings is 1. The van der Waals surface area contributed by atoms with Crippen molar-refractivity contribution >= 4 is 0 Å². The molecule has 140 valence electrons. The molecule has 0 fully saturated rings. The highest BCUT2D eigenvalue weighted by Crippen LogP contribution is 2.30. The first kappa shape index (κ1) is 18.9. The molecule has 0 aliphatic heterocycles. The fraction of sp³-hybridized carbons (Fsp3) is 0.542. The molecule has 2 nitrogen and oxygen atoms in total. The molecule has 0 saturated heterocycles. The number of unbranched alkanes of at least 4 members (excludes halogenated alkanes) is 3. The minimum atomic E-state index is 0.815. The number of aromatic nitrogens is 1. The molecule has 1 aliphatic rings. The first-order chi connectivity index (χ1) is 12.8. The molecule has 0 spiro atoms. The molecule has 2 aromatic rings. The minimum absolute atomic E-state index is 0.815. The molecule has 0 bridgehead atoms. The van der Waals surface area contributed by atoms with Crippen LogP contribution in [0.25, 0.3) is 11.3 Å². The van der Waals surface area contributed by atoms with Gasteiger partial charge < -0.3 is 4.74 Å². The van der Waals surface area contributed by atoms with E-state index in [2.05, 4.69) is 50.2 Å². The number of hydrogen-bond donors (Lipinski definition) is 0. The third-order valence-corrected chi connectivity index (χ3v) is 5.48. The second kappa shape index (κ2) is 9.75. The van der Waals surface area contributed by atoms with E-state index in [0.717, 1.165) is 36.8 Å². The Kier molecular flexibility index (Phi) is 7.11. The van der Waals surface area contributed by atoms with E-state index in [1.54, 1.807) is 0 Å². The molecule has 2 heteroatoms. The number of nitrogens with zero attached hydrogens (tertiary/aromatic N) is 1. The summed E-state index contributed by atoms with van der Waals surface area (Å²) < 4.78 is 5.85. The Balaban J connectivity index is 1.59. The van der Waals surface area contributed by atoms with Crippen LogP contribution in [-0.2, 0) is 12.8 Å². The Morgan fingerprint density at radius 3 is 2.58 bits per heavy atom. The predicted molar refractivity (Wildman–Crippen MR) is 110 cm³/mol. The normalized spacial score (nSPS) is 16.3. The number of pyridine rings is 1. The van der Waals surface area contributed by atoms with Gasteiger partial charge in [-0.15, -0.1) is 0 Å². The quantitative estimate of drug-likeness (QED) is 0.474. The lowest BCUT2D eigenvalue weighted by molar-refractivity contribution is 0.305. The van der Waals surface area contributed by atoms with Gasteiger partial charge in [0, 0.05) is 11.3 Å². The van der Waals surface area contributed by atoms with Crippen LogP contribution in [0.4, 0.5) is 0 Å². The monoisotopic (exact) mass is 351 g/mol. The van der Waals surface area contributed by atoms with E-state index in [-0.39, 0.29) is 0 Å². The maximum absolute atomic E-state index is 5.85. The summed E-state index contributed by atoms with van der Waals surface area (Å²) in [6.45, 7) is 5.34. The highest BCUT2D eigenvalue weighted by Gasteiger charge is 2.19. The first-order valence-electron chi connectivity index (χ1n) is 10.5. The molecule has 0 saturated carbocycles. The fourth-order valence-electron chi connectivity index (χ4n) is 3.94. The Hall–Kier alpha value is -1.83. The summed E-state index contributed by atoms with van der Waals surface area (Å²) in [5.74, 6) is 1.82. The van der Waals surface area contributed by atoms with Crippen molar-refractivity contribution < 1.29 is 4.74 Å². The first-order valence-corrected chi connectivity index (χ1v) is 10.5. The average molecular weight is 352 g/mol. The van der Waals surface area contributed by atoms with Crippen LogP contribution in [-0.4, -0.2) is 11.6 Å². The van der Waals surface area contributed by atoms with Gasteiger partial charge in [0.05, 0.1) is 12.3 Å². The molecule has 1 aromatic carbocycles. The highest BCUT2D eigenvalue weighted by molar-refractivity contribution is 5.60. The van der Waals surface area contributed by atoms with Crippen molar-refractivity contribution in [3.63, 3.8) is 0 Å². The maximum Gasteiger partial charge on any atom is 0.119 e. The van der Waals surface area contributed by atoms with E-state index in [9.17, 15) is 0 Å². The van der Waals surface area contributed by atoms with E-state index in [1.165, 1.54) is 61.8 Å². The minimum Gasteiger partial charge on any atom is -0.494 e. The zero-order chi connectivity index (χ0) is 18.2. The van der Waals surface area contributed by atoms with Crippen LogP contribution in [0, 0.1) is 5.92 Å². The lowest BCUT2D eigenvalue weighted by Gasteiger charge is -2.24. The van der Waals surface area contributed by atoms with Crippen molar-refractivity contribution in [3.8, 4) is 17.0 Å². The standard InChI is InChI=1S/C24H33NO/c1-3-5-6-7-17-26-22-13-10-20(11-14-22)23-16-12-21-18-19(8-4-2)9-15-24(21)25-23/h10-14,16,19H,3-9,15,17-18H2,1-2H3/t19-/m1/s1. The SMILES string of the molecule is CCCCCCOc1ccc(-c2ccc3c(n2)CC[C@@H](CCC)C3)cc1. The molecule has 3 rings (SSSR count). The van der Waals surface area contributed by atoms with Gasteiger partial charge in [-0.3, -0.25) is 4.98 Å². The van der Waals surface area contributed by atoms with Crippen LogP contribution in [0.15, 0.2) is 36.4 Å². The lowest BCUT2D eigenvalue weighted by atomic mass is 9.84. The molecule has 0 N–H and O–H groups in total. The second-order valence-corrected chi connectivity index (χ2v) is 7.63. The van der Waals surface area contributed by atoms with Crippen molar-refractivity contribution in [2.45, 2.75) is 71.6 Å². The largest absolute Gasteiger partial charge is 0.494 e. The average Bonchev–Trinajstić information content (AvgIpc) is 2.68. The molecular weight excluding hydrogens is 318 g/mol.